The molecule has 0 amide bonds. The molecule has 52 valence electrons. The van der Waals surface area contributed by atoms with E-state index in [0.29, 0.717) is 0 Å². The Bertz CT molecular complexity index is 258. The standard InChI is InChI=1S/C7H4F2O/c8-6-4-2-1-3-5(6)7(9)10/h1-4H. The zero-order valence-electron chi connectivity index (χ0n) is 4.97. The van der Waals surface area contributed by atoms with Crippen molar-refractivity contribution >= 4 is 6.04 Å². The average molecular weight is 142 g/mol. The maximum absolute atomic E-state index is 12.4. The van der Waals surface area contributed by atoms with Crippen molar-refractivity contribution in [3.05, 3.63) is 35.6 Å². The molecule has 0 aliphatic heterocycles. The molecule has 0 atom stereocenters. The molecule has 0 fully saturated rings. The highest BCUT2D eigenvalue weighted by Crippen LogP contribution is 2.06. The van der Waals surface area contributed by atoms with E-state index in [1.54, 1.807) is 0 Å². The normalized spacial score (nSPS) is 9.40. The Hall–Kier alpha value is -1.25. The van der Waals surface area contributed by atoms with Crippen LogP contribution in [0.5, 0.6) is 0 Å². The van der Waals surface area contributed by atoms with E-state index in [1.165, 1.54) is 12.1 Å². The molecule has 0 unspecified atom stereocenters. The van der Waals surface area contributed by atoms with Gasteiger partial charge in [0.25, 0.3) is 0 Å². The molecule has 1 nitrogen and oxygen atoms in total. The number of benzene rings is 1. The van der Waals surface area contributed by atoms with Gasteiger partial charge in [0.05, 0.1) is 5.56 Å². The second-order valence-electron chi connectivity index (χ2n) is 1.75. The summed E-state index contributed by atoms with van der Waals surface area (Å²) in [7, 11) is 0. The first-order valence-electron chi connectivity index (χ1n) is 2.66. The average Bonchev–Trinajstić information content (AvgIpc) is 1.88. The van der Waals surface area contributed by atoms with Crippen LogP contribution in [0.3, 0.4) is 0 Å². The minimum atomic E-state index is -1.74. The Morgan fingerprint density at radius 3 is 2.30 bits per heavy atom. The lowest BCUT2D eigenvalue weighted by atomic mass is 10.2. The van der Waals surface area contributed by atoms with Gasteiger partial charge in [0, 0.05) is 0 Å². The van der Waals surface area contributed by atoms with Crippen LogP contribution in [0.1, 0.15) is 10.4 Å². The third kappa shape index (κ3) is 1.18. The summed E-state index contributed by atoms with van der Waals surface area (Å²) in [5.74, 6) is -0.824. The van der Waals surface area contributed by atoms with E-state index in [-0.39, 0.29) is 0 Å². The fraction of sp³-hybridized carbons (Fsp3) is 0. The summed E-state index contributed by atoms with van der Waals surface area (Å²) in [4.78, 5) is 9.96. The van der Waals surface area contributed by atoms with Crippen molar-refractivity contribution in [3.8, 4) is 0 Å². The van der Waals surface area contributed by atoms with E-state index in [1.807, 2.05) is 0 Å². The number of hydrogen-bond acceptors (Lipinski definition) is 1. The lowest BCUT2D eigenvalue weighted by molar-refractivity contribution is 0.0831. The summed E-state index contributed by atoms with van der Waals surface area (Å²) in [6, 6.07) is 3.18. The molecule has 10 heavy (non-hydrogen) atoms. The first-order valence-corrected chi connectivity index (χ1v) is 2.66. The number of rotatable bonds is 1. The lowest BCUT2D eigenvalue weighted by Gasteiger charge is -1.91. The SMILES string of the molecule is O=C(F)c1ccccc1F. The minimum absolute atomic E-state index is 0.512. The Morgan fingerprint density at radius 2 is 1.90 bits per heavy atom. The van der Waals surface area contributed by atoms with Crippen molar-refractivity contribution < 1.29 is 13.6 Å². The third-order valence-electron chi connectivity index (χ3n) is 1.09. The van der Waals surface area contributed by atoms with E-state index in [9.17, 15) is 13.6 Å². The van der Waals surface area contributed by atoms with Crippen molar-refractivity contribution in [2.24, 2.45) is 0 Å². The Kier molecular flexibility index (Phi) is 1.76. The highest BCUT2D eigenvalue weighted by atomic mass is 19.1. The molecule has 1 rings (SSSR count). The zero-order valence-corrected chi connectivity index (χ0v) is 4.97. The molecule has 0 spiro atoms. The van der Waals surface area contributed by atoms with E-state index in [0.717, 1.165) is 12.1 Å². The monoisotopic (exact) mass is 142 g/mol. The van der Waals surface area contributed by atoms with Crippen molar-refractivity contribution in [1.29, 1.82) is 0 Å². The molecule has 1 aromatic carbocycles. The molecule has 0 bridgehead atoms. The molecule has 0 aliphatic carbocycles. The predicted octanol–water partition coefficient (Wildman–Crippen LogP) is 1.94. The van der Waals surface area contributed by atoms with Crippen LogP contribution in [0.4, 0.5) is 8.78 Å². The summed E-state index contributed by atoms with van der Waals surface area (Å²) < 4.78 is 24.2. The largest absolute Gasteiger partial charge is 0.335 e. The van der Waals surface area contributed by atoms with Crippen molar-refractivity contribution in [3.63, 3.8) is 0 Å². The van der Waals surface area contributed by atoms with Crippen molar-refractivity contribution in [2.75, 3.05) is 0 Å². The molecular formula is C7H4F2O. The molecule has 0 saturated carbocycles. The third-order valence-corrected chi connectivity index (χ3v) is 1.09. The van der Waals surface area contributed by atoms with Gasteiger partial charge < -0.3 is 0 Å². The minimum Gasteiger partial charge on any atom is -0.255 e. The van der Waals surface area contributed by atoms with Gasteiger partial charge in [-0.1, -0.05) is 12.1 Å². The fourth-order valence-electron chi connectivity index (χ4n) is 0.621. The van der Waals surface area contributed by atoms with Gasteiger partial charge in [-0.3, -0.25) is 4.79 Å². The van der Waals surface area contributed by atoms with Gasteiger partial charge in [0.2, 0.25) is 0 Å². The topological polar surface area (TPSA) is 17.1 Å². The smallest absolute Gasteiger partial charge is 0.255 e. The highest BCUT2D eigenvalue weighted by Gasteiger charge is 2.07. The maximum Gasteiger partial charge on any atom is 0.335 e. The summed E-state index contributed by atoms with van der Waals surface area (Å²) in [5.41, 5.74) is -0.512. The van der Waals surface area contributed by atoms with Gasteiger partial charge in [-0.15, -0.1) is 0 Å². The second kappa shape index (κ2) is 2.56. The first-order chi connectivity index (χ1) is 4.72. The maximum atomic E-state index is 12.4. The lowest BCUT2D eigenvalue weighted by Crippen LogP contribution is -1.93. The Balaban J connectivity index is 3.15. The molecule has 3 heteroatoms. The van der Waals surface area contributed by atoms with E-state index < -0.39 is 17.4 Å². The van der Waals surface area contributed by atoms with Crippen LogP contribution in [-0.4, -0.2) is 6.04 Å². The van der Waals surface area contributed by atoms with E-state index in [2.05, 4.69) is 0 Å². The molecular weight excluding hydrogens is 138 g/mol. The summed E-state index contributed by atoms with van der Waals surface area (Å²) >= 11 is 0. The van der Waals surface area contributed by atoms with E-state index in [4.69, 9.17) is 0 Å². The van der Waals surface area contributed by atoms with Gasteiger partial charge >= 0.3 is 6.04 Å². The Morgan fingerprint density at radius 1 is 1.30 bits per heavy atom. The zero-order chi connectivity index (χ0) is 7.56. The quantitative estimate of drug-likeness (QED) is 0.547. The molecule has 1 aromatic rings. The van der Waals surface area contributed by atoms with Gasteiger partial charge in [-0.25, -0.2) is 4.39 Å². The first kappa shape index (κ1) is 6.86. The summed E-state index contributed by atoms with van der Waals surface area (Å²) in [5, 5.41) is 0. The number of carbonyl (C=O) groups excluding carboxylic acids is 1. The Labute approximate surface area is 56.3 Å². The number of hydrogen-bond donors (Lipinski definition) is 0. The van der Waals surface area contributed by atoms with Crippen LogP contribution in [0.15, 0.2) is 24.3 Å². The number of carbonyl (C=O) groups is 1. The number of halogens is 2. The summed E-state index contributed by atoms with van der Waals surface area (Å²) in [6.45, 7) is 0. The van der Waals surface area contributed by atoms with Crippen LogP contribution >= 0.6 is 0 Å². The van der Waals surface area contributed by atoms with Crippen molar-refractivity contribution in [1.82, 2.24) is 0 Å². The van der Waals surface area contributed by atoms with Crippen LogP contribution in [0.2, 0.25) is 0 Å². The molecule has 0 N–H and O–H groups in total. The van der Waals surface area contributed by atoms with Crippen LogP contribution in [0, 0.1) is 5.82 Å². The molecule has 0 heterocycles. The van der Waals surface area contributed by atoms with E-state index >= 15 is 0 Å². The second-order valence-corrected chi connectivity index (χ2v) is 1.75. The van der Waals surface area contributed by atoms with Crippen molar-refractivity contribution in [2.45, 2.75) is 0 Å². The van der Waals surface area contributed by atoms with Crippen LogP contribution in [0.25, 0.3) is 0 Å². The molecule has 0 radical (unpaired) electrons. The van der Waals surface area contributed by atoms with Gasteiger partial charge in [-0.05, 0) is 12.1 Å². The van der Waals surface area contributed by atoms with Gasteiger partial charge in [0.1, 0.15) is 5.82 Å². The van der Waals surface area contributed by atoms with Gasteiger partial charge in [0.15, 0.2) is 0 Å². The van der Waals surface area contributed by atoms with Crippen LogP contribution < -0.4 is 0 Å². The molecule has 0 saturated heterocycles. The molecule has 0 aliphatic rings. The van der Waals surface area contributed by atoms with Gasteiger partial charge in [-0.2, -0.15) is 4.39 Å². The molecule has 0 aromatic heterocycles. The van der Waals surface area contributed by atoms with Crippen LogP contribution in [-0.2, 0) is 0 Å². The highest BCUT2D eigenvalue weighted by molar-refractivity contribution is 5.88. The fourth-order valence-corrected chi connectivity index (χ4v) is 0.621. The summed E-state index contributed by atoms with van der Waals surface area (Å²) in [6.07, 6.45) is 0. The predicted molar refractivity (Wildman–Crippen MR) is 31.8 cm³/mol.